The molecular formula is C12H18N2O2. The molecule has 1 atom stereocenters. The van der Waals surface area contributed by atoms with Gasteiger partial charge in [0.15, 0.2) is 0 Å². The maximum Gasteiger partial charge on any atom is 0.256 e. The van der Waals surface area contributed by atoms with Crippen molar-refractivity contribution in [2.75, 3.05) is 19.6 Å². The first-order valence-corrected chi connectivity index (χ1v) is 5.91. The van der Waals surface area contributed by atoms with Crippen LogP contribution in [0.4, 0.5) is 0 Å². The summed E-state index contributed by atoms with van der Waals surface area (Å²) < 4.78 is 0. The van der Waals surface area contributed by atoms with Crippen molar-refractivity contribution in [3.63, 3.8) is 0 Å². The van der Waals surface area contributed by atoms with E-state index in [2.05, 4.69) is 11.8 Å². The summed E-state index contributed by atoms with van der Waals surface area (Å²) in [5.74, 6) is -0.265. The van der Waals surface area contributed by atoms with Gasteiger partial charge in [-0.1, -0.05) is 6.92 Å². The molecular weight excluding hydrogens is 204 g/mol. The number of rotatable bonds is 3. The Bertz CT molecular complexity index is 349. The number of likely N-dealkylation sites (N-methyl/N-ethyl adjacent to an activating group) is 1. The Morgan fingerprint density at radius 2 is 2.19 bits per heavy atom. The smallest absolute Gasteiger partial charge is 0.256 e. The fraction of sp³-hybridized carbons (Fsp3) is 0.667. The number of likely N-dealkylation sites (tertiary alicyclic amines) is 1. The van der Waals surface area contributed by atoms with Gasteiger partial charge >= 0.3 is 0 Å². The average molecular weight is 222 g/mol. The van der Waals surface area contributed by atoms with E-state index in [1.54, 1.807) is 6.92 Å². The first kappa shape index (κ1) is 11.3. The van der Waals surface area contributed by atoms with E-state index in [0.29, 0.717) is 18.2 Å². The minimum Gasteiger partial charge on any atom is -0.299 e. The number of carbonyl (C=O) groups excluding carboxylic acids is 2. The Morgan fingerprint density at radius 3 is 2.75 bits per heavy atom. The third-order valence-electron chi connectivity index (χ3n) is 3.49. The van der Waals surface area contributed by atoms with Crippen molar-refractivity contribution in [3.8, 4) is 0 Å². The summed E-state index contributed by atoms with van der Waals surface area (Å²) in [5, 5.41) is 0. The molecule has 2 amide bonds. The molecule has 88 valence electrons. The molecule has 4 nitrogen and oxygen atoms in total. The Morgan fingerprint density at radius 1 is 1.44 bits per heavy atom. The molecule has 0 bridgehead atoms. The predicted molar refractivity (Wildman–Crippen MR) is 60.7 cm³/mol. The van der Waals surface area contributed by atoms with E-state index in [1.807, 2.05) is 0 Å². The Balaban J connectivity index is 2.00. The highest BCUT2D eigenvalue weighted by Crippen LogP contribution is 2.20. The maximum atomic E-state index is 11.7. The van der Waals surface area contributed by atoms with Gasteiger partial charge in [-0.05, 0) is 32.9 Å². The molecule has 16 heavy (non-hydrogen) atoms. The second-order valence-electron chi connectivity index (χ2n) is 4.51. The standard InChI is InChI=1S/C12H18N2O2/c1-3-13-6-4-5-10(13)8-14-11(15)7-9(2)12(14)16/h7,10H,3-6,8H2,1-2H3. The van der Waals surface area contributed by atoms with Crippen LogP contribution >= 0.6 is 0 Å². The Hall–Kier alpha value is -1.16. The molecule has 0 spiro atoms. The number of hydrogen-bond acceptors (Lipinski definition) is 3. The zero-order valence-corrected chi connectivity index (χ0v) is 9.90. The topological polar surface area (TPSA) is 40.6 Å². The summed E-state index contributed by atoms with van der Waals surface area (Å²) in [4.78, 5) is 27.0. The largest absolute Gasteiger partial charge is 0.299 e. The van der Waals surface area contributed by atoms with Crippen molar-refractivity contribution in [2.45, 2.75) is 32.7 Å². The van der Waals surface area contributed by atoms with Crippen LogP contribution in [-0.4, -0.2) is 47.3 Å². The van der Waals surface area contributed by atoms with E-state index in [4.69, 9.17) is 0 Å². The fourth-order valence-electron chi connectivity index (χ4n) is 2.54. The number of amides is 2. The van der Waals surface area contributed by atoms with Crippen LogP contribution in [0.2, 0.25) is 0 Å². The highest BCUT2D eigenvalue weighted by atomic mass is 16.2. The summed E-state index contributed by atoms with van der Waals surface area (Å²) in [6.07, 6.45) is 3.69. The van der Waals surface area contributed by atoms with Crippen molar-refractivity contribution in [2.24, 2.45) is 0 Å². The molecule has 0 N–H and O–H groups in total. The summed E-state index contributed by atoms with van der Waals surface area (Å²) >= 11 is 0. The SMILES string of the molecule is CCN1CCCC1CN1C(=O)C=C(C)C1=O. The van der Waals surface area contributed by atoms with Crippen LogP contribution in [0.1, 0.15) is 26.7 Å². The first-order chi connectivity index (χ1) is 7.63. The second-order valence-corrected chi connectivity index (χ2v) is 4.51. The van der Waals surface area contributed by atoms with Gasteiger partial charge in [0.05, 0.1) is 0 Å². The zero-order valence-electron chi connectivity index (χ0n) is 9.90. The molecule has 0 radical (unpaired) electrons. The van der Waals surface area contributed by atoms with Gasteiger partial charge in [-0.25, -0.2) is 0 Å². The third-order valence-corrected chi connectivity index (χ3v) is 3.49. The van der Waals surface area contributed by atoms with Gasteiger partial charge < -0.3 is 0 Å². The average Bonchev–Trinajstić information content (AvgIpc) is 2.79. The van der Waals surface area contributed by atoms with Crippen molar-refractivity contribution in [3.05, 3.63) is 11.6 Å². The molecule has 1 unspecified atom stereocenters. The second kappa shape index (κ2) is 4.37. The fourth-order valence-corrected chi connectivity index (χ4v) is 2.54. The van der Waals surface area contributed by atoms with Crippen molar-refractivity contribution in [1.82, 2.24) is 9.80 Å². The highest BCUT2D eigenvalue weighted by Gasteiger charge is 2.33. The number of carbonyl (C=O) groups is 2. The van der Waals surface area contributed by atoms with E-state index >= 15 is 0 Å². The lowest BCUT2D eigenvalue weighted by Gasteiger charge is -2.26. The molecule has 0 aliphatic carbocycles. The van der Waals surface area contributed by atoms with Crippen molar-refractivity contribution >= 4 is 11.8 Å². The molecule has 2 rings (SSSR count). The van der Waals surface area contributed by atoms with Crippen molar-refractivity contribution < 1.29 is 9.59 Å². The van der Waals surface area contributed by atoms with Gasteiger partial charge in [-0.2, -0.15) is 0 Å². The monoisotopic (exact) mass is 222 g/mol. The van der Waals surface area contributed by atoms with Crippen LogP contribution in [0.3, 0.4) is 0 Å². The molecule has 0 aromatic heterocycles. The summed E-state index contributed by atoms with van der Waals surface area (Å²) in [5.41, 5.74) is 0.561. The molecule has 0 aromatic rings. The lowest BCUT2D eigenvalue weighted by atomic mass is 10.2. The summed E-state index contributed by atoms with van der Waals surface area (Å²) in [7, 11) is 0. The van der Waals surface area contributed by atoms with E-state index < -0.39 is 0 Å². The number of nitrogens with zero attached hydrogens (tertiary/aromatic N) is 2. The van der Waals surface area contributed by atoms with Crippen LogP contribution < -0.4 is 0 Å². The molecule has 4 heteroatoms. The van der Waals surface area contributed by atoms with Gasteiger partial charge in [0.25, 0.3) is 11.8 Å². The molecule has 0 saturated carbocycles. The van der Waals surface area contributed by atoms with Crippen LogP contribution in [0.15, 0.2) is 11.6 Å². The van der Waals surface area contributed by atoms with Crippen LogP contribution in [-0.2, 0) is 9.59 Å². The minimum atomic E-state index is -0.148. The molecule has 1 fully saturated rings. The Labute approximate surface area is 95.9 Å². The summed E-state index contributed by atoms with van der Waals surface area (Å²) in [6, 6.07) is 0.359. The Kier molecular flexibility index (Phi) is 3.10. The molecule has 2 aliphatic rings. The summed E-state index contributed by atoms with van der Waals surface area (Å²) in [6.45, 7) is 6.46. The number of imide groups is 1. The predicted octanol–water partition coefficient (Wildman–Crippen LogP) is 0.786. The molecule has 2 aliphatic heterocycles. The highest BCUT2D eigenvalue weighted by molar-refractivity contribution is 6.15. The van der Waals surface area contributed by atoms with Crippen LogP contribution in [0.25, 0.3) is 0 Å². The quantitative estimate of drug-likeness (QED) is 0.663. The third kappa shape index (κ3) is 1.89. The van der Waals surface area contributed by atoms with Crippen LogP contribution in [0.5, 0.6) is 0 Å². The van der Waals surface area contributed by atoms with E-state index in [1.165, 1.54) is 17.4 Å². The van der Waals surface area contributed by atoms with E-state index in [-0.39, 0.29) is 11.8 Å². The lowest BCUT2D eigenvalue weighted by molar-refractivity contribution is -0.138. The van der Waals surface area contributed by atoms with Gasteiger partial charge in [0.1, 0.15) is 0 Å². The van der Waals surface area contributed by atoms with Crippen molar-refractivity contribution in [1.29, 1.82) is 0 Å². The normalized spacial score (nSPS) is 26.8. The van der Waals surface area contributed by atoms with Gasteiger partial charge in [-0.15, -0.1) is 0 Å². The molecule has 1 saturated heterocycles. The zero-order chi connectivity index (χ0) is 11.7. The lowest BCUT2D eigenvalue weighted by Crippen LogP contribution is -2.43. The van der Waals surface area contributed by atoms with E-state index in [9.17, 15) is 9.59 Å². The number of hydrogen-bond donors (Lipinski definition) is 0. The van der Waals surface area contributed by atoms with Crippen LogP contribution in [0, 0.1) is 0 Å². The van der Waals surface area contributed by atoms with Gasteiger partial charge in [0, 0.05) is 24.2 Å². The van der Waals surface area contributed by atoms with E-state index in [0.717, 1.165) is 19.5 Å². The van der Waals surface area contributed by atoms with Gasteiger partial charge in [0.2, 0.25) is 0 Å². The maximum absolute atomic E-state index is 11.7. The molecule has 2 heterocycles. The minimum absolute atomic E-state index is 0.118. The first-order valence-electron chi connectivity index (χ1n) is 5.91. The molecule has 0 aromatic carbocycles. The van der Waals surface area contributed by atoms with Gasteiger partial charge in [-0.3, -0.25) is 19.4 Å².